The van der Waals surface area contributed by atoms with E-state index >= 15 is 0 Å². The second-order valence-electron chi connectivity index (χ2n) is 5.10. The van der Waals surface area contributed by atoms with Gasteiger partial charge in [-0.2, -0.15) is 4.31 Å². The van der Waals surface area contributed by atoms with Crippen molar-refractivity contribution >= 4 is 43.1 Å². The Hall–Kier alpha value is -0.640. The summed E-state index contributed by atoms with van der Waals surface area (Å²) in [6, 6.07) is 1.56. The van der Waals surface area contributed by atoms with Gasteiger partial charge in [-0.3, -0.25) is 0 Å². The minimum atomic E-state index is -3.64. The summed E-state index contributed by atoms with van der Waals surface area (Å²) in [6.07, 6.45) is 3.62. The lowest BCUT2D eigenvalue weighted by molar-refractivity contribution is 0.308. The normalized spacial score (nSPS) is 17.8. The molecule has 0 aliphatic heterocycles. The van der Waals surface area contributed by atoms with Gasteiger partial charge in [-0.1, -0.05) is 18.0 Å². The van der Waals surface area contributed by atoms with E-state index in [9.17, 15) is 8.42 Å². The van der Waals surface area contributed by atoms with Crippen molar-refractivity contribution in [3.8, 4) is 0 Å². The number of nitrogens with two attached hydrogens (primary N) is 1. The minimum absolute atomic E-state index is 0.0853. The van der Waals surface area contributed by atoms with Crippen LogP contribution in [0.15, 0.2) is 19.2 Å². The molecule has 1 aromatic heterocycles. The van der Waals surface area contributed by atoms with Gasteiger partial charge >= 0.3 is 0 Å². The molecule has 21 heavy (non-hydrogen) atoms. The first-order valence-electron chi connectivity index (χ1n) is 6.60. The number of rotatable bonds is 5. The maximum Gasteiger partial charge on any atom is 0.253 e. The fraction of sp³-hybridized carbons (Fsp3) is 0.583. The van der Waals surface area contributed by atoms with Crippen LogP contribution in [-0.4, -0.2) is 36.4 Å². The van der Waals surface area contributed by atoms with Gasteiger partial charge in [0.05, 0.1) is 10.3 Å². The topological polar surface area (TPSA) is 96.0 Å². The first-order valence-corrected chi connectivity index (χ1v) is 9.65. The number of thiophene rings is 1. The molecule has 118 valence electrons. The first-order chi connectivity index (χ1) is 9.86. The summed E-state index contributed by atoms with van der Waals surface area (Å²) in [5, 5.41) is 11.7. The Morgan fingerprint density at radius 2 is 2.19 bits per heavy atom. The standard InChI is InChI=1S/C12H18BrN3O3S2/c1-8-6-11(20-12(8)13)21(18,19)16(7-10(14)15-17)9-4-2-3-5-9/h6,9,17H,2-5,7H2,1H3,(H2,14,15). The summed E-state index contributed by atoms with van der Waals surface area (Å²) < 4.78 is 28.2. The average Bonchev–Trinajstić information content (AvgIpc) is 3.06. The Kier molecular flexibility index (Phi) is 5.29. The Morgan fingerprint density at radius 3 is 2.67 bits per heavy atom. The Labute approximate surface area is 136 Å². The second-order valence-corrected chi connectivity index (χ2v) is 9.59. The highest BCUT2D eigenvalue weighted by Crippen LogP contribution is 2.35. The fourth-order valence-corrected chi connectivity index (χ4v) is 6.48. The molecule has 6 nitrogen and oxygen atoms in total. The summed E-state index contributed by atoms with van der Waals surface area (Å²) in [5.74, 6) is -0.0992. The SMILES string of the molecule is Cc1cc(S(=O)(=O)N(C/C(N)=N/O)C2CCCC2)sc1Br. The molecule has 9 heteroatoms. The molecular formula is C12H18BrN3O3S2. The number of aryl methyl sites for hydroxylation is 1. The van der Waals surface area contributed by atoms with E-state index in [-0.39, 0.29) is 22.6 Å². The molecule has 1 aliphatic rings. The molecule has 0 spiro atoms. The predicted octanol–water partition coefficient (Wildman–Crippen LogP) is 2.50. The van der Waals surface area contributed by atoms with E-state index in [1.807, 2.05) is 6.92 Å². The van der Waals surface area contributed by atoms with E-state index in [0.717, 1.165) is 35.0 Å². The lowest BCUT2D eigenvalue weighted by atomic mass is 10.2. The van der Waals surface area contributed by atoms with Crippen molar-refractivity contribution < 1.29 is 13.6 Å². The smallest absolute Gasteiger partial charge is 0.253 e. The minimum Gasteiger partial charge on any atom is -0.409 e. The van der Waals surface area contributed by atoms with Crippen LogP contribution in [0.3, 0.4) is 0 Å². The average molecular weight is 396 g/mol. The number of sulfonamides is 1. The molecule has 0 atom stereocenters. The number of oxime groups is 1. The molecule has 0 amide bonds. The van der Waals surface area contributed by atoms with E-state index in [1.165, 1.54) is 15.6 Å². The van der Waals surface area contributed by atoms with Crippen LogP contribution in [0.5, 0.6) is 0 Å². The Balaban J connectivity index is 2.38. The van der Waals surface area contributed by atoms with Crippen molar-refractivity contribution in [1.29, 1.82) is 0 Å². The molecule has 0 bridgehead atoms. The molecule has 0 aromatic carbocycles. The van der Waals surface area contributed by atoms with Crippen molar-refractivity contribution in [2.75, 3.05) is 6.54 Å². The van der Waals surface area contributed by atoms with Gasteiger partial charge in [-0.05, 0) is 47.3 Å². The zero-order chi connectivity index (χ0) is 15.6. The zero-order valence-electron chi connectivity index (χ0n) is 11.6. The lowest BCUT2D eigenvalue weighted by Gasteiger charge is -2.26. The van der Waals surface area contributed by atoms with Crippen molar-refractivity contribution in [1.82, 2.24) is 4.31 Å². The molecule has 2 rings (SSSR count). The van der Waals surface area contributed by atoms with Gasteiger partial charge in [-0.25, -0.2) is 8.42 Å². The third-order valence-corrected chi connectivity index (χ3v) is 8.06. The molecule has 3 N–H and O–H groups in total. The van der Waals surface area contributed by atoms with Gasteiger partial charge in [0.15, 0.2) is 5.84 Å². The summed E-state index contributed by atoms with van der Waals surface area (Å²) in [4.78, 5) is 0. The second kappa shape index (κ2) is 6.64. The van der Waals surface area contributed by atoms with Crippen LogP contribution in [-0.2, 0) is 10.0 Å². The number of amidine groups is 1. The Bertz CT molecular complexity index is 617. The van der Waals surface area contributed by atoms with Crippen molar-refractivity contribution in [3.05, 3.63) is 15.4 Å². The van der Waals surface area contributed by atoms with Gasteiger partial charge in [0.1, 0.15) is 4.21 Å². The predicted molar refractivity (Wildman–Crippen MR) is 86.3 cm³/mol. The molecule has 1 heterocycles. The molecule has 1 saturated carbocycles. The van der Waals surface area contributed by atoms with Crippen LogP contribution in [0.25, 0.3) is 0 Å². The fourth-order valence-electron chi connectivity index (χ4n) is 2.47. The number of hydrogen-bond donors (Lipinski definition) is 2. The monoisotopic (exact) mass is 395 g/mol. The highest BCUT2D eigenvalue weighted by Gasteiger charge is 2.35. The summed E-state index contributed by atoms with van der Waals surface area (Å²) in [7, 11) is -3.64. The highest BCUT2D eigenvalue weighted by molar-refractivity contribution is 9.11. The van der Waals surface area contributed by atoms with Gasteiger partial charge in [-0.15, -0.1) is 11.3 Å². The molecule has 1 aliphatic carbocycles. The Morgan fingerprint density at radius 1 is 1.57 bits per heavy atom. The van der Waals surface area contributed by atoms with Gasteiger partial charge in [0.25, 0.3) is 10.0 Å². The van der Waals surface area contributed by atoms with E-state index in [4.69, 9.17) is 10.9 Å². The number of halogens is 1. The molecule has 0 saturated heterocycles. The number of hydrogen-bond acceptors (Lipinski definition) is 5. The molecule has 1 aromatic rings. The largest absolute Gasteiger partial charge is 0.409 e. The summed E-state index contributed by atoms with van der Waals surface area (Å²) >= 11 is 4.54. The summed E-state index contributed by atoms with van der Waals surface area (Å²) in [5.41, 5.74) is 6.42. The maximum absolute atomic E-state index is 12.9. The third-order valence-electron chi connectivity index (χ3n) is 3.58. The quantitative estimate of drug-likeness (QED) is 0.346. The van der Waals surface area contributed by atoms with Crippen molar-refractivity contribution in [2.45, 2.75) is 42.9 Å². The van der Waals surface area contributed by atoms with Crippen LogP contribution < -0.4 is 5.73 Å². The molecular weight excluding hydrogens is 378 g/mol. The molecule has 1 fully saturated rings. The number of nitrogens with zero attached hydrogens (tertiary/aromatic N) is 2. The van der Waals surface area contributed by atoms with Crippen LogP contribution >= 0.6 is 27.3 Å². The highest BCUT2D eigenvalue weighted by atomic mass is 79.9. The van der Waals surface area contributed by atoms with E-state index < -0.39 is 10.0 Å². The van der Waals surface area contributed by atoms with E-state index in [0.29, 0.717) is 0 Å². The van der Waals surface area contributed by atoms with Crippen molar-refractivity contribution in [3.63, 3.8) is 0 Å². The maximum atomic E-state index is 12.9. The van der Waals surface area contributed by atoms with Crippen LogP contribution in [0.2, 0.25) is 0 Å². The van der Waals surface area contributed by atoms with Gasteiger partial charge in [0.2, 0.25) is 0 Å². The first kappa shape index (κ1) is 16.7. The lowest BCUT2D eigenvalue weighted by Crippen LogP contribution is -2.43. The van der Waals surface area contributed by atoms with Crippen LogP contribution in [0.4, 0.5) is 0 Å². The van der Waals surface area contributed by atoms with Gasteiger partial charge in [0, 0.05) is 6.04 Å². The van der Waals surface area contributed by atoms with E-state index in [2.05, 4.69) is 21.1 Å². The van der Waals surface area contributed by atoms with Gasteiger partial charge < -0.3 is 10.9 Å². The van der Waals surface area contributed by atoms with E-state index in [1.54, 1.807) is 6.07 Å². The third kappa shape index (κ3) is 3.58. The van der Waals surface area contributed by atoms with Crippen LogP contribution in [0.1, 0.15) is 31.2 Å². The molecule has 0 unspecified atom stereocenters. The van der Waals surface area contributed by atoms with Crippen molar-refractivity contribution in [2.24, 2.45) is 10.9 Å². The summed E-state index contributed by atoms with van der Waals surface area (Å²) in [6.45, 7) is 1.77. The zero-order valence-corrected chi connectivity index (χ0v) is 14.8. The molecule has 0 radical (unpaired) electrons. The van der Waals surface area contributed by atoms with Crippen LogP contribution in [0, 0.1) is 6.92 Å².